The summed E-state index contributed by atoms with van der Waals surface area (Å²) in [6.45, 7) is 5.81. The molecule has 2 aromatic carbocycles. The van der Waals surface area contributed by atoms with Gasteiger partial charge in [-0.25, -0.2) is 0 Å². The van der Waals surface area contributed by atoms with Gasteiger partial charge in [-0.1, -0.05) is 60.7 Å². The fourth-order valence-corrected chi connectivity index (χ4v) is 3.06. The fraction of sp³-hybridized carbons (Fsp3) is 0.368. The lowest BCUT2D eigenvalue weighted by Gasteiger charge is -2.35. The Hall–Kier alpha value is -1.64. The largest absolute Gasteiger partial charge is 0.304 e. The number of nitrogens with zero attached hydrogens (tertiary/aromatic N) is 2. The zero-order valence-corrected chi connectivity index (χ0v) is 12.8. The van der Waals surface area contributed by atoms with E-state index >= 15 is 0 Å². The molecule has 0 amide bonds. The summed E-state index contributed by atoms with van der Waals surface area (Å²) in [4.78, 5) is 5.02. The van der Waals surface area contributed by atoms with Crippen LogP contribution in [0.25, 0.3) is 0 Å². The van der Waals surface area contributed by atoms with E-state index in [1.165, 1.54) is 37.3 Å². The van der Waals surface area contributed by atoms with E-state index in [0.717, 1.165) is 6.54 Å². The molecule has 2 heteroatoms. The third kappa shape index (κ3) is 3.72. The molecule has 1 heterocycles. The minimum atomic E-state index is 0.468. The summed E-state index contributed by atoms with van der Waals surface area (Å²) in [5, 5.41) is 0. The molecule has 0 unspecified atom stereocenters. The van der Waals surface area contributed by atoms with E-state index in [1.807, 2.05) is 0 Å². The number of likely N-dealkylation sites (N-methyl/N-ethyl adjacent to an activating group) is 1. The highest BCUT2D eigenvalue weighted by atomic mass is 15.2. The Morgan fingerprint density at radius 1 is 0.762 bits per heavy atom. The van der Waals surface area contributed by atoms with Crippen molar-refractivity contribution in [3.05, 3.63) is 71.8 Å². The summed E-state index contributed by atoms with van der Waals surface area (Å²) in [7, 11) is 2.21. The van der Waals surface area contributed by atoms with E-state index in [1.54, 1.807) is 0 Å². The SMILES string of the molecule is CN1CCN(CC(c2ccccc2)c2ccccc2)CC1. The number of piperazine rings is 1. The monoisotopic (exact) mass is 280 g/mol. The molecule has 0 spiro atoms. The molecule has 0 atom stereocenters. The van der Waals surface area contributed by atoms with Crippen molar-refractivity contribution >= 4 is 0 Å². The van der Waals surface area contributed by atoms with Gasteiger partial charge in [-0.15, -0.1) is 0 Å². The third-order valence-corrected chi connectivity index (χ3v) is 4.44. The van der Waals surface area contributed by atoms with Crippen LogP contribution in [0.2, 0.25) is 0 Å². The molecule has 21 heavy (non-hydrogen) atoms. The van der Waals surface area contributed by atoms with Gasteiger partial charge in [-0.2, -0.15) is 0 Å². The summed E-state index contributed by atoms with van der Waals surface area (Å²) in [5.74, 6) is 0.468. The van der Waals surface area contributed by atoms with Crippen LogP contribution in [-0.2, 0) is 0 Å². The Labute approximate surface area is 128 Å². The van der Waals surface area contributed by atoms with Crippen LogP contribution in [0.3, 0.4) is 0 Å². The van der Waals surface area contributed by atoms with Crippen LogP contribution in [0, 0.1) is 0 Å². The first-order chi connectivity index (χ1) is 10.3. The Bertz CT molecular complexity index is 491. The molecule has 2 aromatic rings. The number of rotatable bonds is 4. The van der Waals surface area contributed by atoms with Crippen LogP contribution < -0.4 is 0 Å². The lowest BCUT2D eigenvalue weighted by molar-refractivity contribution is 0.151. The molecule has 0 bridgehead atoms. The van der Waals surface area contributed by atoms with Crippen LogP contribution in [0.1, 0.15) is 17.0 Å². The van der Waals surface area contributed by atoms with Gasteiger partial charge >= 0.3 is 0 Å². The summed E-state index contributed by atoms with van der Waals surface area (Å²) in [6.07, 6.45) is 0. The van der Waals surface area contributed by atoms with Crippen molar-refractivity contribution in [2.75, 3.05) is 39.8 Å². The molecule has 0 saturated carbocycles. The predicted octanol–water partition coefficient (Wildman–Crippen LogP) is 3.07. The van der Waals surface area contributed by atoms with Gasteiger partial charge in [0.25, 0.3) is 0 Å². The van der Waals surface area contributed by atoms with Gasteiger partial charge in [0.1, 0.15) is 0 Å². The Kier molecular flexibility index (Phi) is 4.69. The first-order valence-corrected chi connectivity index (χ1v) is 7.84. The smallest absolute Gasteiger partial charge is 0.0217 e. The van der Waals surface area contributed by atoms with E-state index in [-0.39, 0.29) is 0 Å². The standard InChI is InChI=1S/C19H24N2/c1-20-12-14-21(15-13-20)16-19(17-8-4-2-5-9-17)18-10-6-3-7-11-18/h2-11,19H,12-16H2,1H3. The highest BCUT2D eigenvalue weighted by Gasteiger charge is 2.20. The lowest BCUT2D eigenvalue weighted by atomic mass is 9.90. The van der Waals surface area contributed by atoms with Gasteiger partial charge in [0, 0.05) is 38.6 Å². The van der Waals surface area contributed by atoms with Crippen molar-refractivity contribution < 1.29 is 0 Å². The summed E-state index contributed by atoms with van der Waals surface area (Å²) < 4.78 is 0. The Morgan fingerprint density at radius 2 is 1.24 bits per heavy atom. The van der Waals surface area contributed by atoms with Crippen molar-refractivity contribution in [3.63, 3.8) is 0 Å². The van der Waals surface area contributed by atoms with Crippen molar-refractivity contribution in [2.45, 2.75) is 5.92 Å². The zero-order valence-electron chi connectivity index (χ0n) is 12.8. The molecular weight excluding hydrogens is 256 g/mol. The Morgan fingerprint density at radius 3 is 1.71 bits per heavy atom. The van der Waals surface area contributed by atoms with Crippen molar-refractivity contribution in [2.24, 2.45) is 0 Å². The molecule has 0 aromatic heterocycles. The topological polar surface area (TPSA) is 6.48 Å². The molecule has 2 nitrogen and oxygen atoms in total. The second-order valence-corrected chi connectivity index (χ2v) is 5.98. The average Bonchev–Trinajstić information content (AvgIpc) is 2.56. The molecule has 1 fully saturated rings. The lowest BCUT2D eigenvalue weighted by Crippen LogP contribution is -2.45. The molecule has 1 saturated heterocycles. The maximum absolute atomic E-state index is 2.60. The first-order valence-electron chi connectivity index (χ1n) is 7.84. The minimum Gasteiger partial charge on any atom is -0.304 e. The summed E-state index contributed by atoms with van der Waals surface area (Å²) in [6, 6.07) is 21.8. The predicted molar refractivity (Wildman–Crippen MR) is 88.7 cm³/mol. The fourth-order valence-electron chi connectivity index (χ4n) is 3.06. The van der Waals surface area contributed by atoms with Gasteiger partial charge in [0.05, 0.1) is 0 Å². The van der Waals surface area contributed by atoms with E-state index < -0.39 is 0 Å². The van der Waals surface area contributed by atoms with Gasteiger partial charge in [-0.3, -0.25) is 4.90 Å². The Balaban J connectivity index is 1.80. The highest BCUT2D eigenvalue weighted by molar-refractivity contribution is 5.32. The maximum Gasteiger partial charge on any atom is 0.0217 e. The number of benzene rings is 2. The highest BCUT2D eigenvalue weighted by Crippen LogP contribution is 2.25. The molecule has 110 valence electrons. The molecule has 1 aliphatic rings. The van der Waals surface area contributed by atoms with Gasteiger partial charge in [0.2, 0.25) is 0 Å². The van der Waals surface area contributed by atoms with Crippen molar-refractivity contribution in [1.82, 2.24) is 9.80 Å². The third-order valence-electron chi connectivity index (χ3n) is 4.44. The normalized spacial score (nSPS) is 17.2. The molecular formula is C19H24N2. The number of hydrogen-bond acceptors (Lipinski definition) is 2. The number of hydrogen-bond donors (Lipinski definition) is 0. The van der Waals surface area contributed by atoms with Gasteiger partial charge in [0.15, 0.2) is 0 Å². The van der Waals surface area contributed by atoms with Crippen LogP contribution in [-0.4, -0.2) is 49.6 Å². The molecule has 1 aliphatic heterocycles. The first kappa shape index (κ1) is 14.3. The molecule has 0 N–H and O–H groups in total. The van der Waals surface area contributed by atoms with Crippen molar-refractivity contribution in [3.8, 4) is 0 Å². The maximum atomic E-state index is 2.60. The average molecular weight is 280 g/mol. The summed E-state index contributed by atoms with van der Waals surface area (Å²) in [5.41, 5.74) is 2.84. The minimum absolute atomic E-state index is 0.468. The summed E-state index contributed by atoms with van der Waals surface area (Å²) >= 11 is 0. The van der Waals surface area contributed by atoms with E-state index in [0.29, 0.717) is 5.92 Å². The van der Waals surface area contributed by atoms with Gasteiger partial charge < -0.3 is 4.90 Å². The van der Waals surface area contributed by atoms with Gasteiger partial charge in [-0.05, 0) is 18.2 Å². The second-order valence-electron chi connectivity index (χ2n) is 5.98. The van der Waals surface area contributed by atoms with E-state index in [9.17, 15) is 0 Å². The van der Waals surface area contributed by atoms with Crippen LogP contribution >= 0.6 is 0 Å². The van der Waals surface area contributed by atoms with E-state index in [2.05, 4.69) is 77.5 Å². The second kappa shape index (κ2) is 6.88. The zero-order chi connectivity index (χ0) is 14.5. The van der Waals surface area contributed by atoms with Crippen LogP contribution in [0.15, 0.2) is 60.7 Å². The van der Waals surface area contributed by atoms with Crippen LogP contribution in [0.4, 0.5) is 0 Å². The van der Waals surface area contributed by atoms with E-state index in [4.69, 9.17) is 0 Å². The van der Waals surface area contributed by atoms with Crippen LogP contribution in [0.5, 0.6) is 0 Å². The molecule has 0 radical (unpaired) electrons. The molecule has 0 aliphatic carbocycles. The quantitative estimate of drug-likeness (QED) is 0.849. The van der Waals surface area contributed by atoms with Crippen molar-refractivity contribution in [1.29, 1.82) is 0 Å². The molecule has 3 rings (SSSR count).